The quantitative estimate of drug-likeness (QED) is 0.698. The van der Waals surface area contributed by atoms with Crippen LogP contribution in [0.15, 0.2) is 12.7 Å². The zero-order valence-corrected chi connectivity index (χ0v) is 7.62. The highest BCUT2D eigenvalue weighted by Gasteiger charge is 2.09. The molecule has 1 unspecified atom stereocenters. The Morgan fingerprint density at radius 3 is 2.93 bits per heavy atom. The lowest BCUT2D eigenvalue weighted by atomic mass is 10.4. The molecule has 2 heterocycles. The number of aromatic hydroxyl groups is 1. The SMILES string of the molecule is CC(O)Cn1cnc2c(O)ncnc21. The van der Waals surface area contributed by atoms with Crippen LogP contribution in [0.2, 0.25) is 0 Å². The summed E-state index contributed by atoms with van der Waals surface area (Å²) in [6.45, 7) is 2.07. The predicted molar refractivity (Wildman–Crippen MR) is 48.7 cm³/mol. The summed E-state index contributed by atoms with van der Waals surface area (Å²) in [5.74, 6) is -0.139. The van der Waals surface area contributed by atoms with Crippen molar-refractivity contribution in [3.63, 3.8) is 0 Å². The minimum atomic E-state index is -0.482. The second kappa shape index (κ2) is 3.22. The molecule has 1 atom stereocenters. The number of imidazole rings is 1. The molecule has 0 saturated carbocycles. The molecule has 2 N–H and O–H groups in total. The molecule has 0 spiro atoms. The summed E-state index contributed by atoms with van der Waals surface area (Å²) in [5.41, 5.74) is 0.881. The maximum absolute atomic E-state index is 9.33. The molecule has 2 rings (SSSR count). The van der Waals surface area contributed by atoms with Crippen LogP contribution in [0.3, 0.4) is 0 Å². The largest absolute Gasteiger partial charge is 0.492 e. The Labute approximate surface area is 79.9 Å². The molecule has 2 aromatic rings. The van der Waals surface area contributed by atoms with E-state index in [-0.39, 0.29) is 5.88 Å². The summed E-state index contributed by atoms with van der Waals surface area (Å²) in [6, 6.07) is 0. The van der Waals surface area contributed by atoms with Gasteiger partial charge in [0.05, 0.1) is 19.0 Å². The smallest absolute Gasteiger partial charge is 0.242 e. The molecule has 6 nitrogen and oxygen atoms in total. The van der Waals surface area contributed by atoms with E-state index >= 15 is 0 Å². The molecule has 14 heavy (non-hydrogen) atoms. The van der Waals surface area contributed by atoms with Gasteiger partial charge < -0.3 is 14.8 Å². The van der Waals surface area contributed by atoms with Gasteiger partial charge in [-0.05, 0) is 6.92 Å². The number of aromatic nitrogens is 4. The van der Waals surface area contributed by atoms with Crippen molar-refractivity contribution in [2.45, 2.75) is 19.6 Å². The molecule has 0 aliphatic carbocycles. The van der Waals surface area contributed by atoms with Gasteiger partial charge in [-0.2, -0.15) is 4.98 Å². The molecule has 0 saturated heterocycles. The third-order valence-electron chi connectivity index (χ3n) is 1.84. The normalized spacial score (nSPS) is 13.3. The van der Waals surface area contributed by atoms with E-state index in [9.17, 15) is 10.2 Å². The average molecular weight is 194 g/mol. The van der Waals surface area contributed by atoms with Crippen LogP contribution in [0.5, 0.6) is 5.88 Å². The number of nitrogens with zero attached hydrogens (tertiary/aromatic N) is 4. The number of hydrogen-bond donors (Lipinski definition) is 2. The van der Waals surface area contributed by atoms with Crippen molar-refractivity contribution in [3.8, 4) is 5.88 Å². The monoisotopic (exact) mass is 194 g/mol. The van der Waals surface area contributed by atoms with Crippen LogP contribution in [0.4, 0.5) is 0 Å². The van der Waals surface area contributed by atoms with Crippen molar-refractivity contribution in [2.24, 2.45) is 0 Å². The topological polar surface area (TPSA) is 84.1 Å². The highest BCUT2D eigenvalue weighted by atomic mass is 16.3. The van der Waals surface area contributed by atoms with Crippen LogP contribution in [0, 0.1) is 0 Å². The highest BCUT2D eigenvalue weighted by Crippen LogP contribution is 2.17. The summed E-state index contributed by atoms with van der Waals surface area (Å²) in [7, 11) is 0. The van der Waals surface area contributed by atoms with Gasteiger partial charge in [0.15, 0.2) is 11.2 Å². The van der Waals surface area contributed by atoms with Crippen molar-refractivity contribution < 1.29 is 10.2 Å². The van der Waals surface area contributed by atoms with Gasteiger partial charge in [0.2, 0.25) is 5.88 Å². The van der Waals surface area contributed by atoms with Crippen LogP contribution in [0.1, 0.15) is 6.92 Å². The molecule has 0 aliphatic rings. The summed E-state index contributed by atoms with van der Waals surface area (Å²) < 4.78 is 1.67. The highest BCUT2D eigenvalue weighted by molar-refractivity contribution is 5.75. The minimum Gasteiger partial charge on any atom is -0.492 e. The number of aliphatic hydroxyl groups excluding tert-OH is 1. The fourth-order valence-electron chi connectivity index (χ4n) is 1.29. The first-order chi connectivity index (χ1) is 6.68. The number of fused-ring (bicyclic) bond motifs is 1. The fourth-order valence-corrected chi connectivity index (χ4v) is 1.29. The van der Waals surface area contributed by atoms with E-state index in [1.54, 1.807) is 11.5 Å². The van der Waals surface area contributed by atoms with Gasteiger partial charge in [0.1, 0.15) is 6.33 Å². The van der Waals surface area contributed by atoms with Gasteiger partial charge in [0.25, 0.3) is 0 Å². The summed E-state index contributed by atoms with van der Waals surface area (Å²) >= 11 is 0. The summed E-state index contributed by atoms with van der Waals surface area (Å²) in [4.78, 5) is 11.5. The Morgan fingerprint density at radius 1 is 1.43 bits per heavy atom. The second-order valence-electron chi connectivity index (χ2n) is 3.12. The lowest BCUT2D eigenvalue weighted by Crippen LogP contribution is -2.11. The van der Waals surface area contributed by atoms with E-state index in [0.717, 1.165) is 0 Å². The van der Waals surface area contributed by atoms with Crippen LogP contribution in [0.25, 0.3) is 11.2 Å². The van der Waals surface area contributed by atoms with Crippen LogP contribution in [-0.2, 0) is 6.54 Å². The Bertz CT molecular complexity index is 452. The predicted octanol–water partition coefficient (Wildman–Crippen LogP) is -0.0873. The number of aliphatic hydroxyl groups is 1. The molecular weight excluding hydrogens is 184 g/mol. The van der Waals surface area contributed by atoms with E-state index in [0.29, 0.717) is 17.7 Å². The minimum absolute atomic E-state index is 0.139. The molecule has 0 bridgehead atoms. The maximum atomic E-state index is 9.33. The van der Waals surface area contributed by atoms with Crippen LogP contribution >= 0.6 is 0 Å². The third-order valence-corrected chi connectivity index (χ3v) is 1.84. The molecule has 0 radical (unpaired) electrons. The Hall–Kier alpha value is -1.69. The van der Waals surface area contributed by atoms with Gasteiger partial charge >= 0.3 is 0 Å². The van der Waals surface area contributed by atoms with Crippen molar-refractivity contribution >= 4 is 11.2 Å². The Kier molecular flexibility index (Phi) is 2.05. The summed E-state index contributed by atoms with van der Waals surface area (Å²) in [5, 5.41) is 18.5. The molecule has 0 aromatic carbocycles. The van der Waals surface area contributed by atoms with Gasteiger partial charge in [-0.3, -0.25) is 0 Å². The zero-order chi connectivity index (χ0) is 10.1. The molecule has 0 aliphatic heterocycles. The summed E-state index contributed by atoms with van der Waals surface area (Å²) in [6.07, 6.45) is 2.30. The Balaban J connectivity index is 2.52. The first-order valence-corrected chi connectivity index (χ1v) is 4.21. The lowest BCUT2D eigenvalue weighted by molar-refractivity contribution is 0.175. The molecule has 74 valence electrons. The first kappa shape index (κ1) is 8.89. The van der Waals surface area contributed by atoms with Crippen LogP contribution in [-0.4, -0.2) is 35.8 Å². The van der Waals surface area contributed by atoms with Crippen molar-refractivity contribution in [1.82, 2.24) is 19.5 Å². The molecule has 0 amide bonds. The van der Waals surface area contributed by atoms with E-state index in [1.165, 1.54) is 12.7 Å². The van der Waals surface area contributed by atoms with Crippen molar-refractivity contribution in [3.05, 3.63) is 12.7 Å². The molecular formula is C8H10N4O2. The third kappa shape index (κ3) is 1.39. The lowest BCUT2D eigenvalue weighted by Gasteiger charge is -2.04. The van der Waals surface area contributed by atoms with E-state index in [1.807, 2.05) is 0 Å². The van der Waals surface area contributed by atoms with Crippen LogP contribution < -0.4 is 0 Å². The maximum Gasteiger partial charge on any atom is 0.242 e. The van der Waals surface area contributed by atoms with E-state index in [2.05, 4.69) is 15.0 Å². The standard InChI is InChI=1S/C8H10N4O2/c1-5(13)2-12-4-11-6-7(12)9-3-10-8(6)14/h3-5,13H,2H2,1H3,(H,9,10,14). The van der Waals surface area contributed by atoms with E-state index < -0.39 is 6.10 Å². The zero-order valence-electron chi connectivity index (χ0n) is 7.62. The van der Waals surface area contributed by atoms with E-state index in [4.69, 9.17) is 0 Å². The average Bonchev–Trinajstić information content (AvgIpc) is 2.49. The second-order valence-corrected chi connectivity index (χ2v) is 3.12. The number of hydrogen-bond acceptors (Lipinski definition) is 5. The number of rotatable bonds is 2. The molecule has 6 heteroatoms. The fraction of sp³-hybridized carbons (Fsp3) is 0.375. The molecule has 0 fully saturated rings. The Morgan fingerprint density at radius 2 is 2.21 bits per heavy atom. The van der Waals surface area contributed by atoms with Crippen molar-refractivity contribution in [2.75, 3.05) is 0 Å². The first-order valence-electron chi connectivity index (χ1n) is 4.21. The molecule has 2 aromatic heterocycles. The van der Waals surface area contributed by atoms with Gasteiger partial charge in [0, 0.05) is 0 Å². The van der Waals surface area contributed by atoms with Gasteiger partial charge in [-0.15, -0.1) is 0 Å². The van der Waals surface area contributed by atoms with Gasteiger partial charge in [-0.1, -0.05) is 0 Å². The van der Waals surface area contributed by atoms with Gasteiger partial charge in [-0.25, -0.2) is 9.97 Å². The van der Waals surface area contributed by atoms with Crippen molar-refractivity contribution in [1.29, 1.82) is 0 Å².